The SMILES string of the molecule is CCN1CCN(c2nc(C)nc(OC)c2C)CC1. The molecule has 0 spiro atoms. The molecule has 0 amide bonds. The molecule has 0 atom stereocenters. The van der Waals surface area contributed by atoms with Crippen LogP contribution in [0.1, 0.15) is 18.3 Å². The first-order chi connectivity index (χ1) is 8.65. The molecule has 0 aliphatic carbocycles. The third-order valence-corrected chi connectivity index (χ3v) is 3.50. The Morgan fingerprint density at radius 2 is 1.78 bits per heavy atom. The van der Waals surface area contributed by atoms with Crippen molar-refractivity contribution < 1.29 is 4.74 Å². The lowest BCUT2D eigenvalue weighted by Gasteiger charge is -2.35. The molecule has 0 N–H and O–H groups in total. The van der Waals surface area contributed by atoms with Crippen molar-refractivity contribution in [2.24, 2.45) is 0 Å². The molecule has 18 heavy (non-hydrogen) atoms. The van der Waals surface area contributed by atoms with Gasteiger partial charge >= 0.3 is 0 Å². The van der Waals surface area contributed by atoms with Crippen molar-refractivity contribution in [3.05, 3.63) is 11.4 Å². The number of likely N-dealkylation sites (N-methyl/N-ethyl adjacent to an activating group) is 1. The van der Waals surface area contributed by atoms with Crippen LogP contribution < -0.4 is 9.64 Å². The highest BCUT2D eigenvalue weighted by Crippen LogP contribution is 2.25. The van der Waals surface area contributed by atoms with Crippen LogP contribution in [0.15, 0.2) is 0 Å². The van der Waals surface area contributed by atoms with Crippen LogP contribution >= 0.6 is 0 Å². The molecule has 0 unspecified atom stereocenters. The standard InChI is InChI=1S/C13H22N4O/c1-5-16-6-8-17(9-7-16)12-10(2)13(18-4)15-11(3)14-12/h5-9H2,1-4H3. The normalized spacial score (nSPS) is 17.0. The van der Waals surface area contributed by atoms with Gasteiger partial charge in [-0.3, -0.25) is 0 Å². The van der Waals surface area contributed by atoms with Gasteiger partial charge in [0, 0.05) is 26.2 Å². The van der Waals surface area contributed by atoms with Gasteiger partial charge in [-0.2, -0.15) is 4.98 Å². The van der Waals surface area contributed by atoms with E-state index in [0.29, 0.717) is 5.88 Å². The fourth-order valence-electron chi connectivity index (χ4n) is 2.37. The van der Waals surface area contributed by atoms with E-state index in [4.69, 9.17) is 4.74 Å². The quantitative estimate of drug-likeness (QED) is 0.807. The molecule has 0 bridgehead atoms. The van der Waals surface area contributed by atoms with E-state index in [1.165, 1.54) is 0 Å². The topological polar surface area (TPSA) is 41.5 Å². The van der Waals surface area contributed by atoms with Gasteiger partial charge in [-0.25, -0.2) is 4.98 Å². The van der Waals surface area contributed by atoms with E-state index in [-0.39, 0.29) is 0 Å². The van der Waals surface area contributed by atoms with Crippen molar-refractivity contribution >= 4 is 5.82 Å². The largest absolute Gasteiger partial charge is 0.481 e. The first kappa shape index (κ1) is 13.1. The predicted molar refractivity (Wildman–Crippen MR) is 72.4 cm³/mol. The van der Waals surface area contributed by atoms with Crippen LogP contribution in [0.4, 0.5) is 5.82 Å². The highest BCUT2D eigenvalue weighted by atomic mass is 16.5. The molecule has 2 heterocycles. The molecule has 1 aromatic rings. The number of hydrogen-bond acceptors (Lipinski definition) is 5. The second kappa shape index (κ2) is 5.52. The van der Waals surface area contributed by atoms with E-state index in [0.717, 1.165) is 49.9 Å². The average Bonchev–Trinajstić information content (AvgIpc) is 2.41. The number of hydrogen-bond donors (Lipinski definition) is 0. The molecule has 1 aromatic heterocycles. The molecule has 1 aliphatic heterocycles. The Morgan fingerprint density at radius 3 is 2.33 bits per heavy atom. The maximum atomic E-state index is 5.31. The Balaban J connectivity index is 2.21. The molecule has 5 heteroatoms. The van der Waals surface area contributed by atoms with Crippen LogP contribution in [0.25, 0.3) is 0 Å². The Morgan fingerprint density at radius 1 is 1.11 bits per heavy atom. The second-order valence-electron chi connectivity index (χ2n) is 4.65. The summed E-state index contributed by atoms with van der Waals surface area (Å²) < 4.78 is 5.31. The van der Waals surface area contributed by atoms with Crippen LogP contribution in [0.5, 0.6) is 5.88 Å². The van der Waals surface area contributed by atoms with Crippen LogP contribution in [-0.4, -0.2) is 54.7 Å². The third kappa shape index (κ3) is 2.56. The van der Waals surface area contributed by atoms with Crippen LogP contribution in [0.2, 0.25) is 0 Å². The summed E-state index contributed by atoms with van der Waals surface area (Å²) in [5.74, 6) is 2.48. The number of aryl methyl sites for hydroxylation is 1. The number of piperazine rings is 1. The van der Waals surface area contributed by atoms with E-state index in [1.54, 1.807) is 7.11 Å². The summed E-state index contributed by atoms with van der Waals surface area (Å²) in [5, 5.41) is 0. The zero-order chi connectivity index (χ0) is 13.1. The predicted octanol–water partition coefficient (Wildman–Crippen LogP) is 1.24. The molecule has 2 rings (SSSR count). The minimum absolute atomic E-state index is 0.690. The van der Waals surface area contributed by atoms with E-state index in [9.17, 15) is 0 Å². The highest BCUT2D eigenvalue weighted by molar-refractivity contribution is 5.51. The van der Waals surface area contributed by atoms with E-state index >= 15 is 0 Å². The van der Waals surface area contributed by atoms with Crippen molar-refractivity contribution in [1.29, 1.82) is 0 Å². The molecule has 100 valence electrons. The number of rotatable bonds is 3. The smallest absolute Gasteiger partial charge is 0.221 e. The molecule has 0 aromatic carbocycles. The van der Waals surface area contributed by atoms with E-state index in [2.05, 4.69) is 26.7 Å². The molecule has 0 saturated carbocycles. The first-order valence-corrected chi connectivity index (χ1v) is 6.52. The Kier molecular flexibility index (Phi) is 4.01. The summed E-state index contributed by atoms with van der Waals surface area (Å²) in [7, 11) is 1.66. The molecule has 1 saturated heterocycles. The van der Waals surface area contributed by atoms with Gasteiger partial charge in [-0.05, 0) is 20.4 Å². The van der Waals surface area contributed by atoms with Crippen LogP contribution in [0.3, 0.4) is 0 Å². The minimum Gasteiger partial charge on any atom is -0.481 e. The van der Waals surface area contributed by atoms with Gasteiger partial charge in [0.05, 0.1) is 12.7 Å². The monoisotopic (exact) mass is 250 g/mol. The lowest BCUT2D eigenvalue weighted by molar-refractivity contribution is 0.270. The zero-order valence-electron chi connectivity index (χ0n) is 11.7. The number of aromatic nitrogens is 2. The molecular formula is C13H22N4O. The maximum Gasteiger partial charge on any atom is 0.221 e. The summed E-state index contributed by atoms with van der Waals surface area (Å²) in [6.45, 7) is 11.5. The summed E-state index contributed by atoms with van der Waals surface area (Å²) in [4.78, 5) is 13.7. The summed E-state index contributed by atoms with van der Waals surface area (Å²) in [5.41, 5.74) is 1.04. The number of methoxy groups -OCH3 is 1. The first-order valence-electron chi connectivity index (χ1n) is 6.52. The van der Waals surface area contributed by atoms with Crippen molar-refractivity contribution in [3.63, 3.8) is 0 Å². The van der Waals surface area contributed by atoms with E-state index in [1.807, 2.05) is 13.8 Å². The number of nitrogens with zero attached hydrogens (tertiary/aromatic N) is 4. The molecule has 5 nitrogen and oxygen atoms in total. The van der Waals surface area contributed by atoms with Gasteiger partial charge in [0.15, 0.2) is 0 Å². The van der Waals surface area contributed by atoms with Gasteiger partial charge in [0.1, 0.15) is 11.6 Å². The average molecular weight is 250 g/mol. The summed E-state index contributed by atoms with van der Waals surface area (Å²) in [6.07, 6.45) is 0. The van der Waals surface area contributed by atoms with Gasteiger partial charge < -0.3 is 14.5 Å². The fourth-order valence-corrected chi connectivity index (χ4v) is 2.37. The van der Waals surface area contributed by atoms with Crippen molar-refractivity contribution in [2.45, 2.75) is 20.8 Å². The third-order valence-electron chi connectivity index (χ3n) is 3.50. The van der Waals surface area contributed by atoms with Gasteiger partial charge in [0.25, 0.3) is 0 Å². The summed E-state index contributed by atoms with van der Waals surface area (Å²) >= 11 is 0. The second-order valence-corrected chi connectivity index (χ2v) is 4.65. The molecule has 0 radical (unpaired) electrons. The Bertz CT molecular complexity index is 414. The van der Waals surface area contributed by atoms with Gasteiger partial charge in [-0.15, -0.1) is 0 Å². The lowest BCUT2D eigenvalue weighted by atomic mass is 10.2. The Hall–Kier alpha value is -1.36. The number of anilines is 1. The summed E-state index contributed by atoms with van der Waals surface area (Å²) in [6, 6.07) is 0. The van der Waals surface area contributed by atoms with E-state index < -0.39 is 0 Å². The fraction of sp³-hybridized carbons (Fsp3) is 0.692. The number of ether oxygens (including phenoxy) is 1. The molecule has 1 aliphatic rings. The highest BCUT2D eigenvalue weighted by Gasteiger charge is 2.20. The Labute approximate surface area is 109 Å². The molecular weight excluding hydrogens is 228 g/mol. The van der Waals surface area contributed by atoms with Crippen molar-refractivity contribution in [2.75, 3.05) is 44.7 Å². The lowest BCUT2D eigenvalue weighted by Crippen LogP contribution is -2.46. The van der Waals surface area contributed by atoms with Gasteiger partial charge in [0.2, 0.25) is 5.88 Å². The van der Waals surface area contributed by atoms with Crippen LogP contribution in [-0.2, 0) is 0 Å². The maximum absolute atomic E-state index is 5.31. The van der Waals surface area contributed by atoms with Crippen LogP contribution in [0, 0.1) is 13.8 Å². The molecule has 1 fully saturated rings. The zero-order valence-corrected chi connectivity index (χ0v) is 11.7. The van der Waals surface area contributed by atoms with Crippen molar-refractivity contribution in [1.82, 2.24) is 14.9 Å². The van der Waals surface area contributed by atoms with Crippen molar-refractivity contribution in [3.8, 4) is 5.88 Å². The van der Waals surface area contributed by atoms with Gasteiger partial charge in [-0.1, -0.05) is 6.92 Å². The minimum atomic E-state index is 0.690.